The number of hydrogen-bond acceptors (Lipinski definition) is 3. The molecule has 18 heavy (non-hydrogen) atoms. The third-order valence-corrected chi connectivity index (χ3v) is 1.98. The normalized spacial score (nSPS) is 11.9. The molecular formula is C12H16F3NO2. The Kier molecular flexibility index (Phi) is 5.43. The first-order chi connectivity index (χ1) is 8.38. The quantitative estimate of drug-likeness (QED) is 0.631. The summed E-state index contributed by atoms with van der Waals surface area (Å²) in [5, 5.41) is 0. The van der Waals surface area contributed by atoms with E-state index in [2.05, 4.69) is 10.2 Å². The molecule has 0 aliphatic heterocycles. The summed E-state index contributed by atoms with van der Waals surface area (Å²) < 4.78 is 40.3. The van der Waals surface area contributed by atoms with E-state index in [9.17, 15) is 13.2 Å². The molecule has 0 atom stereocenters. The number of hydroxylamine groups is 1. The van der Waals surface area contributed by atoms with Crippen molar-refractivity contribution in [3.05, 3.63) is 29.8 Å². The SMILES string of the molecule is CC(C)CONCc1ccccc1OC(F)(F)F. The van der Waals surface area contributed by atoms with E-state index in [1.165, 1.54) is 12.1 Å². The van der Waals surface area contributed by atoms with Crippen LogP contribution in [0.3, 0.4) is 0 Å². The molecule has 0 aliphatic carbocycles. The van der Waals surface area contributed by atoms with E-state index in [1.807, 2.05) is 13.8 Å². The summed E-state index contributed by atoms with van der Waals surface area (Å²) in [5.41, 5.74) is 3.00. The van der Waals surface area contributed by atoms with E-state index in [0.717, 1.165) is 0 Å². The zero-order valence-corrected chi connectivity index (χ0v) is 10.3. The van der Waals surface area contributed by atoms with E-state index in [4.69, 9.17) is 4.84 Å². The van der Waals surface area contributed by atoms with Crippen molar-refractivity contribution in [2.75, 3.05) is 6.61 Å². The predicted molar refractivity (Wildman–Crippen MR) is 60.8 cm³/mol. The van der Waals surface area contributed by atoms with Gasteiger partial charge in [0.1, 0.15) is 5.75 Å². The third-order valence-electron chi connectivity index (χ3n) is 1.98. The Morgan fingerprint density at radius 1 is 1.22 bits per heavy atom. The summed E-state index contributed by atoms with van der Waals surface area (Å²) >= 11 is 0. The lowest BCUT2D eigenvalue weighted by Crippen LogP contribution is -2.21. The fourth-order valence-corrected chi connectivity index (χ4v) is 1.23. The Balaban J connectivity index is 2.54. The molecule has 6 heteroatoms. The number of halogens is 3. The highest BCUT2D eigenvalue weighted by atomic mass is 19.4. The number of benzene rings is 1. The molecule has 0 unspecified atom stereocenters. The highest BCUT2D eigenvalue weighted by Gasteiger charge is 2.31. The lowest BCUT2D eigenvalue weighted by molar-refractivity contribution is -0.275. The highest BCUT2D eigenvalue weighted by molar-refractivity contribution is 5.33. The van der Waals surface area contributed by atoms with Crippen LogP contribution >= 0.6 is 0 Å². The van der Waals surface area contributed by atoms with Gasteiger partial charge in [0.2, 0.25) is 0 Å². The van der Waals surface area contributed by atoms with Gasteiger partial charge in [-0.1, -0.05) is 32.0 Å². The summed E-state index contributed by atoms with van der Waals surface area (Å²) in [7, 11) is 0. The van der Waals surface area contributed by atoms with Crippen LogP contribution in [0.5, 0.6) is 5.75 Å². The van der Waals surface area contributed by atoms with Gasteiger partial charge in [-0.2, -0.15) is 5.48 Å². The largest absolute Gasteiger partial charge is 0.573 e. The van der Waals surface area contributed by atoms with E-state index < -0.39 is 6.36 Å². The average molecular weight is 263 g/mol. The Morgan fingerprint density at radius 2 is 1.89 bits per heavy atom. The second kappa shape index (κ2) is 6.61. The molecule has 1 aromatic rings. The topological polar surface area (TPSA) is 30.5 Å². The maximum atomic E-state index is 12.1. The number of alkyl halides is 3. The summed E-state index contributed by atoms with van der Waals surface area (Å²) in [5.74, 6) is 0.129. The van der Waals surface area contributed by atoms with Gasteiger partial charge in [-0.15, -0.1) is 13.2 Å². The van der Waals surface area contributed by atoms with Crippen molar-refractivity contribution >= 4 is 0 Å². The van der Waals surface area contributed by atoms with Crippen LogP contribution in [0.25, 0.3) is 0 Å². The van der Waals surface area contributed by atoms with Gasteiger partial charge in [-0.05, 0) is 12.0 Å². The summed E-state index contributed by atoms with van der Waals surface area (Å²) in [6.07, 6.45) is -4.69. The van der Waals surface area contributed by atoms with Crippen LogP contribution in [-0.2, 0) is 11.4 Å². The molecule has 1 aromatic carbocycles. The van der Waals surface area contributed by atoms with Gasteiger partial charge >= 0.3 is 6.36 Å². The summed E-state index contributed by atoms with van der Waals surface area (Å²) in [4.78, 5) is 5.10. The number of nitrogens with one attached hydrogen (secondary N) is 1. The van der Waals surface area contributed by atoms with Crippen molar-refractivity contribution in [2.24, 2.45) is 5.92 Å². The van der Waals surface area contributed by atoms with Gasteiger partial charge in [-0.3, -0.25) is 0 Å². The fourth-order valence-electron chi connectivity index (χ4n) is 1.23. The van der Waals surface area contributed by atoms with E-state index >= 15 is 0 Å². The second-order valence-electron chi connectivity index (χ2n) is 4.18. The van der Waals surface area contributed by atoms with Crippen molar-refractivity contribution in [1.82, 2.24) is 5.48 Å². The minimum absolute atomic E-state index is 0.152. The van der Waals surface area contributed by atoms with Crippen LogP contribution in [-0.4, -0.2) is 13.0 Å². The minimum atomic E-state index is -4.69. The molecule has 0 bridgehead atoms. The highest BCUT2D eigenvalue weighted by Crippen LogP contribution is 2.25. The van der Waals surface area contributed by atoms with Crippen LogP contribution in [0.2, 0.25) is 0 Å². The zero-order chi connectivity index (χ0) is 13.6. The lowest BCUT2D eigenvalue weighted by atomic mass is 10.2. The van der Waals surface area contributed by atoms with Crippen LogP contribution in [0, 0.1) is 5.92 Å². The molecule has 0 heterocycles. The van der Waals surface area contributed by atoms with Gasteiger partial charge in [-0.25, -0.2) is 0 Å². The Bertz CT molecular complexity index is 367. The Morgan fingerprint density at radius 3 is 2.50 bits per heavy atom. The van der Waals surface area contributed by atoms with E-state index in [-0.39, 0.29) is 12.3 Å². The van der Waals surface area contributed by atoms with Crippen LogP contribution < -0.4 is 10.2 Å². The van der Waals surface area contributed by atoms with Crippen molar-refractivity contribution in [3.63, 3.8) is 0 Å². The first-order valence-corrected chi connectivity index (χ1v) is 5.57. The Labute approximate surface area is 104 Å². The molecule has 0 radical (unpaired) electrons. The molecule has 0 spiro atoms. The van der Waals surface area contributed by atoms with E-state index in [1.54, 1.807) is 12.1 Å². The van der Waals surface area contributed by atoms with Gasteiger partial charge in [0.15, 0.2) is 0 Å². The van der Waals surface area contributed by atoms with Crippen molar-refractivity contribution in [1.29, 1.82) is 0 Å². The molecule has 1 rings (SSSR count). The first-order valence-electron chi connectivity index (χ1n) is 5.57. The number of rotatable bonds is 6. The first kappa shape index (κ1) is 14.8. The fraction of sp³-hybridized carbons (Fsp3) is 0.500. The van der Waals surface area contributed by atoms with Gasteiger partial charge < -0.3 is 9.57 Å². The molecule has 0 aliphatic rings. The third kappa shape index (κ3) is 5.88. The van der Waals surface area contributed by atoms with Crippen LogP contribution in [0.15, 0.2) is 24.3 Å². The molecule has 0 amide bonds. The molecule has 1 N–H and O–H groups in total. The average Bonchev–Trinajstić information content (AvgIpc) is 2.24. The number of hydrogen-bond donors (Lipinski definition) is 1. The summed E-state index contributed by atoms with van der Waals surface area (Å²) in [6, 6.07) is 5.95. The molecule has 0 saturated carbocycles. The zero-order valence-electron chi connectivity index (χ0n) is 10.3. The molecule has 0 saturated heterocycles. The van der Waals surface area contributed by atoms with Crippen LogP contribution in [0.1, 0.15) is 19.4 Å². The molecular weight excluding hydrogens is 247 g/mol. The maximum Gasteiger partial charge on any atom is 0.573 e. The van der Waals surface area contributed by atoms with Crippen LogP contribution in [0.4, 0.5) is 13.2 Å². The number of para-hydroxylation sites is 1. The van der Waals surface area contributed by atoms with Gasteiger partial charge in [0, 0.05) is 12.1 Å². The van der Waals surface area contributed by atoms with Gasteiger partial charge in [0.25, 0.3) is 0 Å². The molecule has 102 valence electrons. The maximum absolute atomic E-state index is 12.1. The van der Waals surface area contributed by atoms with Gasteiger partial charge in [0.05, 0.1) is 6.61 Å². The predicted octanol–water partition coefficient (Wildman–Crippen LogP) is 3.26. The van der Waals surface area contributed by atoms with Crippen molar-refractivity contribution in [2.45, 2.75) is 26.8 Å². The minimum Gasteiger partial charge on any atom is -0.405 e. The molecule has 0 aromatic heterocycles. The summed E-state index contributed by atoms with van der Waals surface area (Å²) in [6.45, 7) is 4.59. The standard InChI is InChI=1S/C12H16F3NO2/c1-9(2)8-17-16-7-10-5-3-4-6-11(10)18-12(13,14)15/h3-6,9,16H,7-8H2,1-2H3. The van der Waals surface area contributed by atoms with E-state index in [0.29, 0.717) is 18.1 Å². The van der Waals surface area contributed by atoms with Crippen molar-refractivity contribution < 1.29 is 22.7 Å². The molecule has 0 fully saturated rings. The number of ether oxygens (including phenoxy) is 1. The lowest BCUT2D eigenvalue weighted by Gasteiger charge is -2.14. The Hall–Kier alpha value is -1.27. The smallest absolute Gasteiger partial charge is 0.405 e. The van der Waals surface area contributed by atoms with Crippen molar-refractivity contribution in [3.8, 4) is 5.75 Å². The monoisotopic (exact) mass is 263 g/mol. The molecule has 3 nitrogen and oxygen atoms in total. The second-order valence-corrected chi connectivity index (χ2v) is 4.18.